The molecule has 1 heterocycles. The highest BCUT2D eigenvalue weighted by Crippen LogP contribution is 2.33. The molecule has 1 aromatic carbocycles. The van der Waals surface area contributed by atoms with Crippen molar-refractivity contribution in [3.05, 3.63) is 28.8 Å². The first-order chi connectivity index (χ1) is 8.63. The van der Waals surface area contributed by atoms with E-state index in [4.69, 9.17) is 17.3 Å². The predicted molar refractivity (Wildman–Crippen MR) is 79.4 cm³/mol. The quantitative estimate of drug-likeness (QED) is 0.904. The zero-order valence-electron chi connectivity index (χ0n) is 11.3. The van der Waals surface area contributed by atoms with Gasteiger partial charge in [-0.25, -0.2) is 0 Å². The van der Waals surface area contributed by atoms with Crippen LogP contribution in [0.25, 0.3) is 0 Å². The van der Waals surface area contributed by atoms with Gasteiger partial charge in [0.25, 0.3) is 0 Å². The lowest BCUT2D eigenvalue weighted by atomic mass is 10.0. The molecular weight excluding hydrogens is 244 g/mol. The van der Waals surface area contributed by atoms with E-state index in [0.29, 0.717) is 18.5 Å². The largest absolute Gasteiger partial charge is 0.368 e. The van der Waals surface area contributed by atoms with Gasteiger partial charge in [-0.1, -0.05) is 25.4 Å². The first kappa shape index (κ1) is 13.7. The monoisotopic (exact) mass is 266 g/mol. The van der Waals surface area contributed by atoms with E-state index < -0.39 is 0 Å². The third kappa shape index (κ3) is 2.81. The Morgan fingerprint density at radius 2 is 2.22 bits per heavy atom. The van der Waals surface area contributed by atoms with Crippen LogP contribution in [0.5, 0.6) is 0 Å². The van der Waals surface area contributed by atoms with Gasteiger partial charge >= 0.3 is 0 Å². The average Bonchev–Trinajstić information content (AvgIpc) is 2.78. The standard InChI is InChI=1S/C15H23ClN2/c1-11(2)14-4-3-9-18(14)15-6-5-13(16)10-12(15)7-8-17/h5-6,10-11,14H,3-4,7-9,17H2,1-2H3. The Morgan fingerprint density at radius 3 is 2.89 bits per heavy atom. The Labute approximate surface area is 115 Å². The number of anilines is 1. The number of nitrogens with zero attached hydrogens (tertiary/aromatic N) is 1. The topological polar surface area (TPSA) is 29.3 Å². The van der Waals surface area contributed by atoms with E-state index in [2.05, 4.69) is 30.9 Å². The molecule has 0 aromatic heterocycles. The van der Waals surface area contributed by atoms with Crippen LogP contribution in [0.2, 0.25) is 5.02 Å². The molecule has 2 rings (SSSR count). The maximum Gasteiger partial charge on any atom is 0.0410 e. The van der Waals surface area contributed by atoms with Gasteiger partial charge in [0.2, 0.25) is 0 Å². The van der Waals surface area contributed by atoms with E-state index in [1.165, 1.54) is 24.1 Å². The predicted octanol–water partition coefficient (Wildman–Crippen LogP) is 3.47. The fourth-order valence-corrected chi connectivity index (χ4v) is 3.17. The average molecular weight is 267 g/mol. The van der Waals surface area contributed by atoms with Gasteiger partial charge in [-0.15, -0.1) is 0 Å². The highest BCUT2D eigenvalue weighted by atomic mass is 35.5. The molecule has 2 N–H and O–H groups in total. The van der Waals surface area contributed by atoms with Crippen LogP contribution >= 0.6 is 11.6 Å². The minimum absolute atomic E-state index is 0.655. The van der Waals surface area contributed by atoms with Gasteiger partial charge in [0.15, 0.2) is 0 Å². The lowest BCUT2D eigenvalue weighted by Gasteiger charge is -2.31. The maximum absolute atomic E-state index is 6.10. The van der Waals surface area contributed by atoms with Gasteiger partial charge < -0.3 is 10.6 Å². The Morgan fingerprint density at radius 1 is 1.44 bits per heavy atom. The fraction of sp³-hybridized carbons (Fsp3) is 0.600. The molecule has 2 nitrogen and oxygen atoms in total. The van der Waals surface area contributed by atoms with Crippen molar-refractivity contribution < 1.29 is 0 Å². The number of nitrogens with two attached hydrogens (primary N) is 1. The van der Waals surface area contributed by atoms with Crippen molar-refractivity contribution in [1.82, 2.24) is 0 Å². The molecule has 3 heteroatoms. The molecule has 100 valence electrons. The molecule has 1 atom stereocenters. The second-order valence-electron chi connectivity index (χ2n) is 5.46. The molecule has 1 fully saturated rings. The molecule has 1 saturated heterocycles. The zero-order chi connectivity index (χ0) is 13.1. The third-order valence-corrected chi connectivity index (χ3v) is 4.07. The van der Waals surface area contributed by atoms with Crippen LogP contribution in [0.15, 0.2) is 18.2 Å². The number of benzene rings is 1. The lowest BCUT2D eigenvalue weighted by molar-refractivity contribution is 0.491. The second-order valence-corrected chi connectivity index (χ2v) is 5.90. The number of halogens is 1. The van der Waals surface area contributed by atoms with Gasteiger partial charge in [0.1, 0.15) is 0 Å². The molecular formula is C15H23ClN2. The van der Waals surface area contributed by atoms with Crippen LogP contribution < -0.4 is 10.6 Å². The molecule has 18 heavy (non-hydrogen) atoms. The highest BCUT2D eigenvalue weighted by molar-refractivity contribution is 6.30. The van der Waals surface area contributed by atoms with Crippen LogP contribution in [-0.4, -0.2) is 19.1 Å². The molecule has 0 bridgehead atoms. The van der Waals surface area contributed by atoms with E-state index in [1.54, 1.807) is 0 Å². The van der Waals surface area contributed by atoms with E-state index >= 15 is 0 Å². The summed E-state index contributed by atoms with van der Waals surface area (Å²) in [6.07, 6.45) is 3.48. The Bertz CT molecular complexity index is 403. The first-order valence-electron chi connectivity index (χ1n) is 6.88. The van der Waals surface area contributed by atoms with Crippen LogP contribution in [0.4, 0.5) is 5.69 Å². The molecule has 0 radical (unpaired) electrons. The van der Waals surface area contributed by atoms with Gasteiger partial charge in [0, 0.05) is 23.3 Å². The zero-order valence-corrected chi connectivity index (χ0v) is 12.1. The SMILES string of the molecule is CC(C)C1CCCN1c1ccc(Cl)cc1CCN. The number of rotatable bonds is 4. The number of hydrogen-bond donors (Lipinski definition) is 1. The molecule has 1 aliphatic heterocycles. The van der Waals surface area contributed by atoms with Crippen molar-refractivity contribution in [2.24, 2.45) is 11.7 Å². The summed E-state index contributed by atoms with van der Waals surface area (Å²) >= 11 is 6.10. The van der Waals surface area contributed by atoms with Crippen molar-refractivity contribution in [1.29, 1.82) is 0 Å². The molecule has 0 aliphatic carbocycles. The molecule has 0 amide bonds. The Kier molecular flexibility index (Phi) is 4.52. The van der Waals surface area contributed by atoms with Crippen LogP contribution in [0, 0.1) is 5.92 Å². The van der Waals surface area contributed by atoms with Gasteiger partial charge in [-0.2, -0.15) is 0 Å². The van der Waals surface area contributed by atoms with Crippen LogP contribution in [0.3, 0.4) is 0 Å². The van der Waals surface area contributed by atoms with Crippen molar-refractivity contribution in [3.63, 3.8) is 0 Å². The molecule has 0 spiro atoms. The van der Waals surface area contributed by atoms with Gasteiger partial charge in [-0.05, 0) is 55.5 Å². The second kappa shape index (κ2) is 5.94. The summed E-state index contributed by atoms with van der Waals surface area (Å²) in [5, 5.41) is 0.808. The van der Waals surface area contributed by atoms with Crippen molar-refractivity contribution >= 4 is 17.3 Å². The maximum atomic E-state index is 6.10. The summed E-state index contributed by atoms with van der Waals surface area (Å²) in [4.78, 5) is 2.55. The normalized spacial score (nSPS) is 19.8. The summed E-state index contributed by atoms with van der Waals surface area (Å²) in [5.74, 6) is 0.689. The highest BCUT2D eigenvalue weighted by Gasteiger charge is 2.28. The van der Waals surface area contributed by atoms with Gasteiger partial charge in [0.05, 0.1) is 0 Å². The molecule has 1 aliphatic rings. The number of hydrogen-bond acceptors (Lipinski definition) is 2. The fourth-order valence-electron chi connectivity index (χ4n) is 2.97. The summed E-state index contributed by atoms with van der Waals surface area (Å²) < 4.78 is 0. The molecule has 1 aromatic rings. The van der Waals surface area contributed by atoms with Crippen molar-refractivity contribution in [3.8, 4) is 0 Å². The summed E-state index contributed by atoms with van der Waals surface area (Å²) in [7, 11) is 0. The molecule has 0 saturated carbocycles. The summed E-state index contributed by atoms with van der Waals surface area (Å²) in [6, 6.07) is 6.88. The minimum Gasteiger partial charge on any atom is -0.368 e. The van der Waals surface area contributed by atoms with E-state index in [-0.39, 0.29) is 0 Å². The molecule has 1 unspecified atom stereocenters. The van der Waals surface area contributed by atoms with Gasteiger partial charge in [-0.3, -0.25) is 0 Å². The minimum atomic E-state index is 0.655. The Hall–Kier alpha value is -0.730. The first-order valence-corrected chi connectivity index (χ1v) is 7.26. The van der Waals surface area contributed by atoms with E-state index in [9.17, 15) is 0 Å². The smallest absolute Gasteiger partial charge is 0.0410 e. The summed E-state index contributed by atoms with van der Waals surface area (Å²) in [5.41, 5.74) is 8.33. The van der Waals surface area contributed by atoms with Crippen molar-refractivity contribution in [2.45, 2.75) is 39.2 Å². The summed E-state index contributed by atoms with van der Waals surface area (Å²) in [6.45, 7) is 6.44. The van der Waals surface area contributed by atoms with Crippen LogP contribution in [-0.2, 0) is 6.42 Å². The van der Waals surface area contributed by atoms with E-state index in [0.717, 1.165) is 18.0 Å². The van der Waals surface area contributed by atoms with Crippen molar-refractivity contribution in [2.75, 3.05) is 18.0 Å². The van der Waals surface area contributed by atoms with E-state index in [1.807, 2.05) is 6.07 Å². The third-order valence-electron chi connectivity index (χ3n) is 3.83. The Balaban J connectivity index is 2.31. The lowest BCUT2D eigenvalue weighted by Crippen LogP contribution is -2.34. The van der Waals surface area contributed by atoms with Crippen LogP contribution in [0.1, 0.15) is 32.3 Å².